The molecule has 19 heavy (non-hydrogen) atoms. The smallest absolute Gasteiger partial charge is 0.0616 e. The van der Waals surface area contributed by atoms with Gasteiger partial charge in [0, 0.05) is 18.1 Å². The summed E-state index contributed by atoms with van der Waals surface area (Å²) in [5.41, 5.74) is -0.0210. The van der Waals surface area contributed by atoms with Crippen molar-refractivity contribution in [3.8, 4) is 0 Å². The van der Waals surface area contributed by atoms with Gasteiger partial charge in [-0.1, -0.05) is 34.1 Å². The summed E-state index contributed by atoms with van der Waals surface area (Å²) < 4.78 is 0. The Morgan fingerprint density at radius 1 is 1.32 bits per heavy atom. The van der Waals surface area contributed by atoms with Crippen LogP contribution in [-0.2, 0) is 0 Å². The fourth-order valence-corrected chi connectivity index (χ4v) is 3.67. The highest BCUT2D eigenvalue weighted by molar-refractivity contribution is 4.99. The van der Waals surface area contributed by atoms with Crippen molar-refractivity contribution in [1.29, 1.82) is 0 Å². The fourth-order valence-electron chi connectivity index (χ4n) is 3.67. The lowest BCUT2D eigenvalue weighted by Crippen LogP contribution is -2.54. The van der Waals surface area contributed by atoms with Crippen molar-refractivity contribution in [3.63, 3.8) is 0 Å². The van der Waals surface area contributed by atoms with Gasteiger partial charge in [0.25, 0.3) is 0 Å². The molecule has 0 radical (unpaired) electrons. The summed E-state index contributed by atoms with van der Waals surface area (Å²) in [6.45, 7) is 11.5. The van der Waals surface area contributed by atoms with Crippen molar-refractivity contribution in [2.45, 2.75) is 65.0 Å². The summed E-state index contributed by atoms with van der Waals surface area (Å²) in [5.74, 6) is 1.35. The molecule has 3 nitrogen and oxygen atoms in total. The first kappa shape index (κ1) is 16.9. The van der Waals surface area contributed by atoms with E-state index in [0.717, 1.165) is 25.4 Å². The molecule has 0 aromatic carbocycles. The molecule has 1 fully saturated rings. The molecule has 0 heterocycles. The number of nitrogens with zero attached hydrogens (tertiary/aromatic N) is 1. The Balaban J connectivity index is 2.50. The molecule has 0 spiro atoms. The second-order valence-electron chi connectivity index (χ2n) is 7.15. The number of nitrogens with one attached hydrogen (secondary N) is 1. The summed E-state index contributed by atoms with van der Waals surface area (Å²) in [5, 5.41) is 13.5. The van der Waals surface area contributed by atoms with Gasteiger partial charge >= 0.3 is 0 Å². The summed E-state index contributed by atoms with van der Waals surface area (Å²) in [7, 11) is 2.21. The van der Waals surface area contributed by atoms with Gasteiger partial charge in [-0.3, -0.25) is 0 Å². The van der Waals surface area contributed by atoms with Crippen LogP contribution in [0.1, 0.15) is 53.4 Å². The molecule has 0 saturated heterocycles. The van der Waals surface area contributed by atoms with E-state index in [1.807, 2.05) is 0 Å². The summed E-state index contributed by atoms with van der Waals surface area (Å²) >= 11 is 0. The Morgan fingerprint density at radius 2 is 2.00 bits per heavy atom. The van der Waals surface area contributed by atoms with E-state index >= 15 is 0 Å². The summed E-state index contributed by atoms with van der Waals surface area (Å²) in [6.07, 6.45) is 4.83. The Morgan fingerprint density at radius 3 is 2.53 bits per heavy atom. The molecule has 1 rings (SSSR count). The highest BCUT2D eigenvalue weighted by Crippen LogP contribution is 2.38. The molecule has 0 aromatic heterocycles. The first-order chi connectivity index (χ1) is 8.89. The first-order valence-electron chi connectivity index (χ1n) is 7.96. The molecule has 0 amide bonds. The largest absolute Gasteiger partial charge is 0.394 e. The van der Waals surface area contributed by atoms with Crippen LogP contribution in [-0.4, -0.2) is 48.3 Å². The van der Waals surface area contributed by atoms with Gasteiger partial charge in [0.15, 0.2) is 0 Å². The molecule has 2 N–H and O–H groups in total. The molecule has 2 unspecified atom stereocenters. The van der Waals surface area contributed by atoms with Crippen LogP contribution < -0.4 is 5.32 Å². The fraction of sp³-hybridized carbons (Fsp3) is 1.00. The number of hydrogen-bond acceptors (Lipinski definition) is 3. The monoisotopic (exact) mass is 270 g/mol. The quantitative estimate of drug-likeness (QED) is 0.711. The van der Waals surface area contributed by atoms with Gasteiger partial charge in [0.1, 0.15) is 0 Å². The minimum Gasteiger partial charge on any atom is -0.394 e. The van der Waals surface area contributed by atoms with Gasteiger partial charge in [-0.05, 0) is 44.7 Å². The number of hydrogen-bond donors (Lipinski definition) is 2. The molecule has 0 aromatic rings. The highest BCUT2D eigenvalue weighted by Gasteiger charge is 2.42. The summed E-state index contributed by atoms with van der Waals surface area (Å²) in [6, 6.07) is 0.446. The zero-order valence-electron chi connectivity index (χ0n) is 13.6. The predicted molar refractivity (Wildman–Crippen MR) is 82.4 cm³/mol. The normalized spacial score (nSPS) is 27.9. The molecular weight excluding hydrogens is 236 g/mol. The number of rotatable bonds is 8. The third-order valence-corrected chi connectivity index (χ3v) is 4.35. The Kier molecular flexibility index (Phi) is 6.78. The molecule has 0 aliphatic heterocycles. The maximum absolute atomic E-state index is 9.87. The minimum absolute atomic E-state index is 0.0210. The van der Waals surface area contributed by atoms with Crippen molar-refractivity contribution >= 4 is 0 Å². The van der Waals surface area contributed by atoms with Gasteiger partial charge in [0.05, 0.1) is 6.61 Å². The molecular formula is C16H34N2O. The van der Waals surface area contributed by atoms with E-state index in [4.69, 9.17) is 0 Å². The van der Waals surface area contributed by atoms with Crippen molar-refractivity contribution in [1.82, 2.24) is 10.2 Å². The van der Waals surface area contributed by atoms with E-state index in [-0.39, 0.29) is 12.1 Å². The van der Waals surface area contributed by atoms with E-state index in [1.54, 1.807) is 0 Å². The van der Waals surface area contributed by atoms with E-state index in [9.17, 15) is 5.11 Å². The van der Waals surface area contributed by atoms with Gasteiger partial charge < -0.3 is 15.3 Å². The van der Waals surface area contributed by atoms with Crippen LogP contribution in [0.2, 0.25) is 0 Å². The highest BCUT2D eigenvalue weighted by atomic mass is 16.3. The Bertz CT molecular complexity index is 255. The zero-order valence-corrected chi connectivity index (χ0v) is 13.6. The number of aliphatic hydroxyl groups excluding tert-OH is 1. The Hall–Kier alpha value is -0.120. The van der Waals surface area contributed by atoms with Crippen LogP contribution in [0.15, 0.2) is 0 Å². The first-order valence-corrected chi connectivity index (χ1v) is 7.96. The lowest BCUT2D eigenvalue weighted by molar-refractivity contribution is 0.104. The van der Waals surface area contributed by atoms with Crippen molar-refractivity contribution in [3.05, 3.63) is 0 Å². The standard InChI is InChI=1S/C16H34N2O/c1-13(2)11-18(5)10-8-15-7-6-9-16(15,12-19)17-14(3)4/h13-15,17,19H,6-12H2,1-5H3. The van der Waals surface area contributed by atoms with Crippen LogP contribution in [0, 0.1) is 11.8 Å². The third-order valence-electron chi connectivity index (χ3n) is 4.35. The predicted octanol–water partition coefficient (Wildman–Crippen LogP) is 2.49. The van der Waals surface area contributed by atoms with Crippen molar-refractivity contribution < 1.29 is 5.11 Å². The van der Waals surface area contributed by atoms with Gasteiger partial charge in [-0.2, -0.15) is 0 Å². The molecule has 0 bridgehead atoms. The van der Waals surface area contributed by atoms with Gasteiger partial charge in [-0.25, -0.2) is 0 Å². The van der Waals surface area contributed by atoms with Crippen molar-refractivity contribution in [2.75, 3.05) is 26.7 Å². The van der Waals surface area contributed by atoms with E-state index in [1.165, 1.54) is 19.3 Å². The maximum atomic E-state index is 9.87. The SMILES string of the molecule is CC(C)CN(C)CCC1CCCC1(CO)NC(C)C. The lowest BCUT2D eigenvalue weighted by atomic mass is 9.84. The van der Waals surface area contributed by atoms with Gasteiger partial charge in [0.2, 0.25) is 0 Å². The third kappa shape index (κ3) is 5.05. The van der Waals surface area contributed by atoms with E-state index in [2.05, 4.69) is 45.0 Å². The van der Waals surface area contributed by atoms with Crippen molar-refractivity contribution in [2.24, 2.45) is 11.8 Å². The molecule has 2 atom stereocenters. The van der Waals surface area contributed by atoms with Crippen LogP contribution in [0.3, 0.4) is 0 Å². The average molecular weight is 270 g/mol. The lowest BCUT2D eigenvalue weighted by Gasteiger charge is -2.37. The van der Waals surface area contributed by atoms with Crippen LogP contribution in [0.4, 0.5) is 0 Å². The van der Waals surface area contributed by atoms with Crippen LogP contribution in [0.25, 0.3) is 0 Å². The maximum Gasteiger partial charge on any atom is 0.0616 e. The number of aliphatic hydroxyl groups is 1. The second kappa shape index (κ2) is 7.61. The molecule has 1 saturated carbocycles. The molecule has 1 aliphatic rings. The van der Waals surface area contributed by atoms with Gasteiger partial charge in [-0.15, -0.1) is 0 Å². The Labute approximate surface area is 119 Å². The summed E-state index contributed by atoms with van der Waals surface area (Å²) in [4.78, 5) is 2.43. The average Bonchev–Trinajstić information content (AvgIpc) is 2.68. The van der Waals surface area contributed by atoms with Crippen LogP contribution >= 0.6 is 0 Å². The zero-order chi connectivity index (χ0) is 14.5. The minimum atomic E-state index is -0.0210. The molecule has 114 valence electrons. The van der Waals surface area contributed by atoms with Crippen LogP contribution in [0.5, 0.6) is 0 Å². The molecule has 3 heteroatoms. The topological polar surface area (TPSA) is 35.5 Å². The van der Waals surface area contributed by atoms with E-state index < -0.39 is 0 Å². The van der Waals surface area contributed by atoms with E-state index in [0.29, 0.717) is 12.0 Å². The molecule has 1 aliphatic carbocycles. The second-order valence-corrected chi connectivity index (χ2v) is 7.15.